The van der Waals surface area contributed by atoms with Gasteiger partial charge in [-0.2, -0.15) is 11.8 Å². The van der Waals surface area contributed by atoms with Crippen molar-refractivity contribution in [2.24, 2.45) is 0 Å². The summed E-state index contributed by atoms with van der Waals surface area (Å²) < 4.78 is 0.495. The third-order valence-electron chi connectivity index (χ3n) is 4.59. The quantitative estimate of drug-likeness (QED) is 0.853. The van der Waals surface area contributed by atoms with E-state index in [0.29, 0.717) is 4.75 Å². The molecule has 0 aromatic heterocycles. The van der Waals surface area contributed by atoms with Crippen LogP contribution in [0.1, 0.15) is 48.8 Å². The molecule has 1 fully saturated rings. The first-order chi connectivity index (χ1) is 9.17. The molecule has 1 aliphatic carbocycles. The van der Waals surface area contributed by atoms with Crippen LogP contribution in [0.3, 0.4) is 0 Å². The van der Waals surface area contributed by atoms with Gasteiger partial charge in [-0.05, 0) is 49.6 Å². The number of hydrogen-bond donors (Lipinski definition) is 1. The average Bonchev–Trinajstić information content (AvgIpc) is 2.43. The minimum absolute atomic E-state index is 0.495. The van der Waals surface area contributed by atoms with Crippen molar-refractivity contribution in [1.82, 2.24) is 5.32 Å². The van der Waals surface area contributed by atoms with Gasteiger partial charge in [-0.15, -0.1) is 0 Å². The Morgan fingerprint density at radius 1 is 1.11 bits per heavy atom. The highest BCUT2D eigenvalue weighted by atomic mass is 32.2. The molecule has 0 amide bonds. The van der Waals surface area contributed by atoms with Gasteiger partial charge in [0.1, 0.15) is 0 Å². The van der Waals surface area contributed by atoms with Crippen molar-refractivity contribution in [3.63, 3.8) is 0 Å². The van der Waals surface area contributed by atoms with Crippen molar-refractivity contribution >= 4 is 11.8 Å². The van der Waals surface area contributed by atoms with Crippen LogP contribution in [0.25, 0.3) is 0 Å². The summed E-state index contributed by atoms with van der Waals surface area (Å²) in [6.45, 7) is 6.60. The highest BCUT2D eigenvalue weighted by molar-refractivity contribution is 8.00. The summed E-state index contributed by atoms with van der Waals surface area (Å²) >= 11 is 2.07. The van der Waals surface area contributed by atoms with Crippen molar-refractivity contribution in [3.05, 3.63) is 34.9 Å². The normalized spacial score (nSPS) is 18.5. The van der Waals surface area contributed by atoms with E-state index in [1.54, 1.807) is 0 Å². The lowest BCUT2D eigenvalue weighted by Gasteiger charge is -2.36. The maximum atomic E-state index is 3.72. The van der Waals surface area contributed by atoms with E-state index in [2.05, 4.69) is 55.4 Å². The molecule has 1 N–H and O–H groups in total. The van der Waals surface area contributed by atoms with Gasteiger partial charge in [0.25, 0.3) is 0 Å². The molecular weight excluding hydrogens is 250 g/mol. The van der Waals surface area contributed by atoms with Gasteiger partial charge in [0.15, 0.2) is 0 Å². The lowest BCUT2D eigenvalue weighted by molar-refractivity contribution is 0.379. The van der Waals surface area contributed by atoms with Crippen molar-refractivity contribution in [2.45, 2.75) is 57.2 Å². The first-order valence-electron chi connectivity index (χ1n) is 7.48. The van der Waals surface area contributed by atoms with E-state index in [1.807, 2.05) is 0 Å². The number of benzene rings is 1. The molecule has 0 saturated heterocycles. The molecule has 0 unspecified atom stereocenters. The highest BCUT2D eigenvalue weighted by Crippen LogP contribution is 2.38. The zero-order valence-electron chi connectivity index (χ0n) is 12.6. The number of hydrogen-bond acceptors (Lipinski definition) is 2. The Morgan fingerprint density at radius 2 is 1.74 bits per heavy atom. The second kappa shape index (κ2) is 6.81. The molecule has 0 atom stereocenters. The van der Waals surface area contributed by atoms with Crippen LogP contribution in [0.4, 0.5) is 0 Å². The molecule has 0 heterocycles. The van der Waals surface area contributed by atoms with Gasteiger partial charge >= 0.3 is 0 Å². The zero-order valence-corrected chi connectivity index (χ0v) is 13.4. The molecule has 0 spiro atoms. The number of rotatable bonds is 5. The Labute approximate surface area is 122 Å². The molecule has 106 valence electrons. The fourth-order valence-electron chi connectivity index (χ4n) is 3.19. The summed E-state index contributed by atoms with van der Waals surface area (Å²) in [6.07, 6.45) is 9.30. The van der Waals surface area contributed by atoms with E-state index in [-0.39, 0.29) is 0 Å². The Bertz CT molecular complexity index is 387. The maximum absolute atomic E-state index is 3.72. The summed E-state index contributed by atoms with van der Waals surface area (Å²) in [4.78, 5) is 0. The first kappa shape index (κ1) is 14.9. The van der Waals surface area contributed by atoms with Crippen molar-refractivity contribution < 1.29 is 0 Å². The smallest absolute Gasteiger partial charge is 0.0281 e. The van der Waals surface area contributed by atoms with E-state index >= 15 is 0 Å². The number of nitrogens with one attached hydrogen (secondary N) is 1. The van der Waals surface area contributed by atoms with E-state index in [4.69, 9.17) is 0 Å². The van der Waals surface area contributed by atoms with Crippen LogP contribution >= 0.6 is 11.8 Å². The van der Waals surface area contributed by atoms with Gasteiger partial charge in [-0.3, -0.25) is 0 Å². The van der Waals surface area contributed by atoms with Crippen LogP contribution in [-0.4, -0.2) is 17.5 Å². The topological polar surface area (TPSA) is 12.0 Å². The van der Waals surface area contributed by atoms with Gasteiger partial charge < -0.3 is 5.32 Å². The second-order valence-corrected chi connectivity index (χ2v) is 7.20. The van der Waals surface area contributed by atoms with Gasteiger partial charge in [-0.1, -0.05) is 37.5 Å². The summed E-state index contributed by atoms with van der Waals surface area (Å²) in [5.74, 6) is 0. The summed E-state index contributed by atoms with van der Waals surface area (Å²) in [7, 11) is 0. The summed E-state index contributed by atoms with van der Waals surface area (Å²) in [5, 5.41) is 3.72. The molecule has 2 heteroatoms. The molecule has 1 aliphatic rings. The summed E-state index contributed by atoms with van der Waals surface area (Å²) in [5.41, 5.74) is 4.30. The predicted molar refractivity (Wildman–Crippen MR) is 87.0 cm³/mol. The minimum Gasteiger partial charge on any atom is -0.311 e. The zero-order chi connectivity index (χ0) is 13.7. The molecule has 19 heavy (non-hydrogen) atoms. The number of thioether (sulfide) groups is 1. The lowest BCUT2D eigenvalue weighted by atomic mass is 9.88. The maximum Gasteiger partial charge on any atom is 0.0281 e. The van der Waals surface area contributed by atoms with Crippen molar-refractivity contribution in [2.75, 3.05) is 12.8 Å². The highest BCUT2D eigenvalue weighted by Gasteiger charge is 2.30. The van der Waals surface area contributed by atoms with Crippen LogP contribution in [-0.2, 0) is 6.54 Å². The minimum atomic E-state index is 0.495. The fraction of sp³-hybridized carbons (Fsp3) is 0.647. The predicted octanol–water partition coefficient (Wildman–Crippen LogP) is 4.46. The SMILES string of the molecule is CSC1(CNCc2c(C)cccc2C)CCCCC1. The van der Waals surface area contributed by atoms with Gasteiger partial charge in [0.05, 0.1) is 0 Å². The van der Waals surface area contributed by atoms with Crippen LogP contribution in [0.2, 0.25) is 0 Å². The molecule has 1 aromatic rings. The van der Waals surface area contributed by atoms with Gasteiger partial charge in [-0.25, -0.2) is 0 Å². The van der Waals surface area contributed by atoms with Crippen LogP contribution < -0.4 is 5.32 Å². The molecule has 0 radical (unpaired) electrons. The molecule has 0 aliphatic heterocycles. The largest absolute Gasteiger partial charge is 0.311 e. The van der Waals surface area contributed by atoms with Crippen LogP contribution in [0.15, 0.2) is 18.2 Å². The number of aryl methyl sites for hydroxylation is 2. The Hall–Kier alpha value is -0.470. The van der Waals surface area contributed by atoms with E-state index < -0.39 is 0 Å². The van der Waals surface area contributed by atoms with Crippen molar-refractivity contribution in [1.29, 1.82) is 0 Å². The van der Waals surface area contributed by atoms with Crippen LogP contribution in [0.5, 0.6) is 0 Å². The summed E-state index contributed by atoms with van der Waals surface area (Å²) in [6, 6.07) is 6.59. The molecule has 1 aromatic carbocycles. The molecule has 1 nitrogen and oxygen atoms in total. The molecule has 1 saturated carbocycles. The van der Waals surface area contributed by atoms with Gasteiger partial charge in [0.2, 0.25) is 0 Å². The van der Waals surface area contributed by atoms with Gasteiger partial charge in [0, 0.05) is 17.8 Å². The van der Waals surface area contributed by atoms with E-state index in [1.165, 1.54) is 48.8 Å². The van der Waals surface area contributed by atoms with E-state index in [9.17, 15) is 0 Å². The van der Waals surface area contributed by atoms with Crippen LogP contribution in [0, 0.1) is 13.8 Å². The molecule has 0 bridgehead atoms. The Morgan fingerprint density at radius 3 is 2.32 bits per heavy atom. The molecule has 2 rings (SSSR count). The lowest BCUT2D eigenvalue weighted by Crippen LogP contribution is -2.39. The van der Waals surface area contributed by atoms with Crippen molar-refractivity contribution in [3.8, 4) is 0 Å². The standard InChI is InChI=1S/C17H27NS/c1-14-8-7-9-15(2)16(14)12-18-13-17(19-3)10-5-4-6-11-17/h7-9,18H,4-6,10-13H2,1-3H3. The van der Waals surface area contributed by atoms with E-state index in [0.717, 1.165) is 13.1 Å². The fourth-order valence-corrected chi connectivity index (χ4v) is 4.14. The monoisotopic (exact) mass is 277 g/mol. The third kappa shape index (κ3) is 3.76. The Kier molecular flexibility index (Phi) is 5.35. The second-order valence-electron chi connectivity index (χ2n) is 5.92. The average molecular weight is 277 g/mol. The third-order valence-corrected chi connectivity index (χ3v) is 6.01. The molecular formula is C17H27NS. The first-order valence-corrected chi connectivity index (χ1v) is 8.70. The Balaban J connectivity index is 1.92.